The van der Waals surface area contributed by atoms with Crippen molar-refractivity contribution in [2.45, 2.75) is 0 Å². The fourth-order valence-electron chi connectivity index (χ4n) is 1.95. The maximum absolute atomic E-state index is 13.8. The van der Waals surface area contributed by atoms with Crippen molar-refractivity contribution in [3.05, 3.63) is 58.7 Å². The van der Waals surface area contributed by atoms with E-state index in [0.717, 1.165) is 22.0 Å². The number of nitrogens with two attached hydrogens (primary N) is 1. The monoisotopic (exact) mass is 350 g/mol. The van der Waals surface area contributed by atoms with Crippen molar-refractivity contribution in [3.8, 4) is 11.6 Å². The molecule has 0 bridgehead atoms. The predicted molar refractivity (Wildman–Crippen MR) is 80.3 cm³/mol. The average molecular weight is 351 g/mol. The third kappa shape index (κ3) is 2.54. The van der Waals surface area contributed by atoms with Gasteiger partial charge in [-0.25, -0.2) is 13.8 Å². The predicted octanol–water partition coefficient (Wildman–Crippen LogP) is 4.65. The molecule has 0 radical (unpaired) electrons. The average Bonchev–Trinajstić information content (AvgIpc) is 2.46. The topological polar surface area (TPSA) is 48.1 Å². The zero-order valence-corrected chi connectivity index (χ0v) is 12.2. The van der Waals surface area contributed by atoms with Crippen LogP contribution in [0, 0.1) is 11.6 Å². The quantitative estimate of drug-likeness (QED) is 0.684. The molecular weight excluding hydrogens is 342 g/mol. The van der Waals surface area contributed by atoms with E-state index in [0.29, 0.717) is 5.39 Å². The Labute approximate surface area is 127 Å². The van der Waals surface area contributed by atoms with Crippen LogP contribution in [0.3, 0.4) is 0 Å². The molecule has 0 unspecified atom stereocenters. The van der Waals surface area contributed by atoms with Gasteiger partial charge < -0.3 is 10.5 Å². The van der Waals surface area contributed by atoms with Gasteiger partial charge in [-0.3, -0.25) is 0 Å². The van der Waals surface area contributed by atoms with E-state index in [1.807, 2.05) is 6.07 Å². The van der Waals surface area contributed by atoms with E-state index in [1.165, 1.54) is 6.20 Å². The zero-order chi connectivity index (χ0) is 15.0. The Morgan fingerprint density at radius 2 is 1.86 bits per heavy atom. The summed E-state index contributed by atoms with van der Waals surface area (Å²) in [6.07, 6.45) is 1.54. The first-order valence-corrected chi connectivity index (χ1v) is 6.81. The molecular formula is C15H9BrF2N2O. The lowest BCUT2D eigenvalue weighted by molar-refractivity contribution is 0.427. The van der Waals surface area contributed by atoms with Gasteiger partial charge in [0.15, 0.2) is 11.6 Å². The molecule has 0 aliphatic rings. The van der Waals surface area contributed by atoms with Gasteiger partial charge in [-0.1, -0.05) is 22.0 Å². The molecule has 0 amide bonds. The van der Waals surface area contributed by atoms with E-state index in [-0.39, 0.29) is 17.3 Å². The fourth-order valence-corrected chi connectivity index (χ4v) is 2.45. The Balaban J connectivity index is 2.11. The minimum Gasteiger partial charge on any atom is -0.435 e. The number of aromatic nitrogens is 1. The fraction of sp³-hybridized carbons (Fsp3) is 0. The highest BCUT2D eigenvalue weighted by atomic mass is 79.9. The van der Waals surface area contributed by atoms with Crippen LogP contribution in [0.2, 0.25) is 0 Å². The van der Waals surface area contributed by atoms with Crippen LogP contribution in [0.4, 0.5) is 14.5 Å². The smallest absolute Gasteiger partial charge is 0.227 e. The standard InChI is InChI=1S/C15H9BrF2N2O/c16-10-3-1-2-9-8(10)4-5-20-15(9)21-14-7-11(17)13(19)6-12(14)18/h1-7H,19H2. The van der Waals surface area contributed by atoms with Crippen LogP contribution in [0.15, 0.2) is 47.1 Å². The Kier molecular flexibility index (Phi) is 3.47. The molecule has 0 aliphatic carbocycles. The molecule has 1 heterocycles. The van der Waals surface area contributed by atoms with Crippen molar-refractivity contribution in [1.82, 2.24) is 4.98 Å². The van der Waals surface area contributed by atoms with Gasteiger partial charge >= 0.3 is 0 Å². The lowest BCUT2D eigenvalue weighted by Gasteiger charge is -2.10. The van der Waals surface area contributed by atoms with Gasteiger partial charge in [0.1, 0.15) is 5.82 Å². The number of nitrogen functional groups attached to an aromatic ring is 1. The number of hydrogen-bond acceptors (Lipinski definition) is 3. The molecule has 0 atom stereocenters. The van der Waals surface area contributed by atoms with Crippen LogP contribution in [0.5, 0.6) is 11.6 Å². The summed E-state index contributed by atoms with van der Waals surface area (Å²) in [6, 6.07) is 9.05. The van der Waals surface area contributed by atoms with E-state index < -0.39 is 11.6 Å². The number of hydrogen-bond donors (Lipinski definition) is 1. The van der Waals surface area contributed by atoms with Gasteiger partial charge in [0, 0.05) is 33.6 Å². The summed E-state index contributed by atoms with van der Waals surface area (Å²) in [5, 5.41) is 1.54. The number of nitrogens with zero attached hydrogens (tertiary/aromatic N) is 1. The first kappa shape index (κ1) is 13.8. The van der Waals surface area contributed by atoms with Crippen LogP contribution in [0.1, 0.15) is 0 Å². The second kappa shape index (κ2) is 5.29. The SMILES string of the molecule is Nc1cc(F)c(Oc2nccc3c(Br)cccc23)cc1F. The van der Waals surface area contributed by atoms with Crippen molar-refractivity contribution in [1.29, 1.82) is 0 Å². The van der Waals surface area contributed by atoms with Crippen LogP contribution in [0.25, 0.3) is 10.8 Å². The Hall–Kier alpha value is -2.21. The highest BCUT2D eigenvalue weighted by molar-refractivity contribution is 9.10. The molecule has 106 valence electrons. The summed E-state index contributed by atoms with van der Waals surface area (Å²) >= 11 is 3.42. The summed E-state index contributed by atoms with van der Waals surface area (Å²) < 4.78 is 33.5. The first-order valence-electron chi connectivity index (χ1n) is 6.02. The van der Waals surface area contributed by atoms with Crippen molar-refractivity contribution < 1.29 is 13.5 Å². The van der Waals surface area contributed by atoms with Gasteiger partial charge in [-0.05, 0) is 18.2 Å². The highest BCUT2D eigenvalue weighted by Gasteiger charge is 2.13. The van der Waals surface area contributed by atoms with Crippen molar-refractivity contribution in [2.75, 3.05) is 5.73 Å². The molecule has 3 aromatic rings. The summed E-state index contributed by atoms with van der Waals surface area (Å²) in [5.41, 5.74) is 5.03. The first-order chi connectivity index (χ1) is 10.1. The number of halogens is 3. The summed E-state index contributed by atoms with van der Waals surface area (Å²) in [6.45, 7) is 0. The van der Waals surface area contributed by atoms with Crippen molar-refractivity contribution in [2.24, 2.45) is 0 Å². The molecule has 0 saturated heterocycles. The molecule has 6 heteroatoms. The molecule has 3 nitrogen and oxygen atoms in total. The minimum atomic E-state index is -0.748. The number of rotatable bonds is 2. The van der Waals surface area contributed by atoms with Crippen LogP contribution < -0.4 is 10.5 Å². The maximum atomic E-state index is 13.8. The molecule has 2 aromatic carbocycles. The highest BCUT2D eigenvalue weighted by Crippen LogP contribution is 2.33. The number of benzene rings is 2. The van der Waals surface area contributed by atoms with Gasteiger partial charge in [0.25, 0.3) is 0 Å². The normalized spacial score (nSPS) is 10.8. The molecule has 1 aromatic heterocycles. The van der Waals surface area contributed by atoms with Gasteiger partial charge in [-0.15, -0.1) is 0 Å². The number of ether oxygens (including phenoxy) is 1. The minimum absolute atomic E-state index is 0.192. The summed E-state index contributed by atoms with van der Waals surface area (Å²) in [7, 11) is 0. The van der Waals surface area contributed by atoms with E-state index in [4.69, 9.17) is 10.5 Å². The molecule has 3 rings (SSSR count). The Morgan fingerprint density at radius 3 is 2.67 bits per heavy atom. The third-order valence-electron chi connectivity index (χ3n) is 2.97. The number of fused-ring (bicyclic) bond motifs is 1. The Bertz CT molecular complexity index is 839. The summed E-state index contributed by atoms with van der Waals surface area (Å²) in [4.78, 5) is 4.07. The second-order valence-corrected chi connectivity index (χ2v) is 5.21. The number of anilines is 1. The third-order valence-corrected chi connectivity index (χ3v) is 3.67. The summed E-state index contributed by atoms with van der Waals surface area (Å²) in [5.74, 6) is -1.56. The van der Waals surface area contributed by atoms with Gasteiger partial charge in [0.2, 0.25) is 5.88 Å². The van der Waals surface area contributed by atoms with Gasteiger partial charge in [0.05, 0.1) is 5.69 Å². The van der Waals surface area contributed by atoms with E-state index in [9.17, 15) is 8.78 Å². The lowest BCUT2D eigenvalue weighted by Crippen LogP contribution is -1.97. The maximum Gasteiger partial charge on any atom is 0.227 e. The van der Waals surface area contributed by atoms with E-state index in [1.54, 1.807) is 18.2 Å². The molecule has 21 heavy (non-hydrogen) atoms. The molecule has 0 aliphatic heterocycles. The van der Waals surface area contributed by atoms with Crippen LogP contribution in [-0.4, -0.2) is 4.98 Å². The molecule has 2 N–H and O–H groups in total. The lowest BCUT2D eigenvalue weighted by atomic mass is 10.2. The largest absolute Gasteiger partial charge is 0.435 e. The second-order valence-electron chi connectivity index (χ2n) is 4.36. The molecule has 0 saturated carbocycles. The van der Waals surface area contributed by atoms with Crippen LogP contribution in [-0.2, 0) is 0 Å². The van der Waals surface area contributed by atoms with E-state index >= 15 is 0 Å². The zero-order valence-electron chi connectivity index (χ0n) is 10.6. The van der Waals surface area contributed by atoms with Gasteiger partial charge in [-0.2, -0.15) is 0 Å². The Morgan fingerprint density at radius 1 is 1.05 bits per heavy atom. The molecule has 0 spiro atoms. The molecule has 0 fully saturated rings. The number of pyridine rings is 1. The van der Waals surface area contributed by atoms with Crippen molar-refractivity contribution >= 4 is 32.4 Å². The van der Waals surface area contributed by atoms with E-state index in [2.05, 4.69) is 20.9 Å². The van der Waals surface area contributed by atoms with Crippen molar-refractivity contribution in [3.63, 3.8) is 0 Å². The van der Waals surface area contributed by atoms with Crippen LogP contribution >= 0.6 is 15.9 Å².